The first-order valence-electron chi connectivity index (χ1n) is 3.93. The van der Waals surface area contributed by atoms with Gasteiger partial charge in [-0.1, -0.05) is 13.8 Å². The molecule has 10 heavy (non-hydrogen) atoms. The van der Waals surface area contributed by atoms with Gasteiger partial charge in [0, 0.05) is 6.61 Å². The Bertz CT molecular complexity index is 103. The van der Waals surface area contributed by atoms with Gasteiger partial charge in [0.05, 0.1) is 6.61 Å². The van der Waals surface area contributed by atoms with Gasteiger partial charge in [0.25, 0.3) is 0 Å². The molecule has 0 N–H and O–H groups in total. The second-order valence-corrected chi connectivity index (χ2v) is 3.29. The first-order valence-corrected chi connectivity index (χ1v) is 3.93. The van der Waals surface area contributed by atoms with Crippen molar-refractivity contribution in [1.29, 1.82) is 0 Å². The Morgan fingerprint density at radius 1 is 1.50 bits per heavy atom. The number of hydrogen-bond acceptors (Lipinski definition) is 1. The van der Waals surface area contributed by atoms with Crippen LogP contribution < -0.4 is 0 Å². The van der Waals surface area contributed by atoms with Gasteiger partial charge in [0.15, 0.2) is 0 Å². The van der Waals surface area contributed by atoms with Gasteiger partial charge in [-0.05, 0) is 18.3 Å². The van der Waals surface area contributed by atoms with Crippen LogP contribution in [-0.4, -0.2) is 19.4 Å². The second-order valence-electron chi connectivity index (χ2n) is 3.29. The molecule has 0 aromatic rings. The molecule has 1 heterocycles. The molecule has 0 radical (unpaired) electrons. The second kappa shape index (κ2) is 3.33. The maximum absolute atomic E-state index is 13.0. The van der Waals surface area contributed by atoms with Crippen molar-refractivity contribution < 1.29 is 9.13 Å². The van der Waals surface area contributed by atoms with Crippen molar-refractivity contribution in [2.45, 2.75) is 26.4 Å². The third kappa shape index (κ3) is 1.69. The average molecular weight is 146 g/mol. The lowest BCUT2D eigenvalue weighted by molar-refractivity contribution is -0.0161. The summed E-state index contributed by atoms with van der Waals surface area (Å²) in [6, 6.07) is 0. The summed E-state index contributed by atoms with van der Waals surface area (Å²) in [6.45, 7) is 5.19. The third-order valence-electron chi connectivity index (χ3n) is 2.19. The van der Waals surface area contributed by atoms with Crippen LogP contribution in [0, 0.1) is 11.8 Å². The van der Waals surface area contributed by atoms with Crippen molar-refractivity contribution in [3.8, 4) is 0 Å². The summed E-state index contributed by atoms with van der Waals surface area (Å²) in [4.78, 5) is 0. The van der Waals surface area contributed by atoms with Crippen LogP contribution in [0.5, 0.6) is 0 Å². The summed E-state index contributed by atoms with van der Waals surface area (Å²) < 4.78 is 18.0. The van der Waals surface area contributed by atoms with Crippen molar-refractivity contribution in [3.63, 3.8) is 0 Å². The van der Waals surface area contributed by atoms with Gasteiger partial charge >= 0.3 is 0 Å². The molecule has 2 atom stereocenters. The molecule has 1 rings (SSSR count). The Balaban J connectivity index is 2.40. The molecule has 0 spiro atoms. The minimum absolute atomic E-state index is 0.230. The van der Waals surface area contributed by atoms with E-state index in [4.69, 9.17) is 4.74 Å². The van der Waals surface area contributed by atoms with Gasteiger partial charge in [-0.2, -0.15) is 0 Å². The van der Waals surface area contributed by atoms with E-state index in [1.165, 1.54) is 0 Å². The van der Waals surface area contributed by atoms with E-state index >= 15 is 0 Å². The molecule has 1 nitrogen and oxygen atoms in total. The molecule has 0 unspecified atom stereocenters. The SMILES string of the molecule is CC(C)[C@@H]1CCOC[C@@H]1F. The average Bonchev–Trinajstić information content (AvgIpc) is 1.88. The highest BCUT2D eigenvalue weighted by Crippen LogP contribution is 2.25. The lowest BCUT2D eigenvalue weighted by Gasteiger charge is -2.28. The van der Waals surface area contributed by atoms with Crippen LogP contribution in [-0.2, 0) is 4.74 Å². The molecule has 0 aromatic heterocycles. The Labute approximate surface area is 61.6 Å². The lowest BCUT2D eigenvalue weighted by Crippen LogP contribution is -2.32. The molecule has 0 saturated carbocycles. The Morgan fingerprint density at radius 2 is 2.20 bits per heavy atom. The van der Waals surface area contributed by atoms with Gasteiger partial charge in [-0.15, -0.1) is 0 Å². The topological polar surface area (TPSA) is 9.23 Å². The monoisotopic (exact) mass is 146 g/mol. The maximum atomic E-state index is 13.0. The van der Waals surface area contributed by atoms with Crippen LogP contribution in [0.2, 0.25) is 0 Å². The summed E-state index contributed by atoms with van der Waals surface area (Å²) >= 11 is 0. The molecule has 1 aliphatic rings. The maximum Gasteiger partial charge on any atom is 0.126 e. The minimum atomic E-state index is -0.728. The summed E-state index contributed by atoms with van der Waals surface area (Å²) in [6.07, 6.45) is 0.160. The summed E-state index contributed by atoms with van der Waals surface area (Å²) in [5.41, 5.74) is 0. The zero-order valence-electron chi connectivity index (χ0n) is 6.64. The lowest BCUT2D eigenvalue weighted by atomic mass is 9.87. The highest BCUT2D eigenvalue weighted by atomic mass is 19.1. The predicted octanol–water partition coefficient (Wildman–Crippen LogP) is 2.02. The molecule has 2 heteroatoms. The summed E-state index contributed by atoms with van der Waals surface area (Å²) in [5.74, 6) is 0.688. The minimum Gasteiger partial charge on any atom is -0.378 e. The van der Waals surface area contributed by atoms with Crippen molar-refractivity contribution in [3.05, 3.63) is 0 Å². The smallest absolute Gasteiger partial charge is 0.126 e. The van der Waals surface area contributed by atoms with Crippen molar-refractivity contribution >= 4 is 0 Å². The molecule has 1 saturated heterocycles. The molecular formula is C8H15FO. The number of ether oxygens (including phenoxy) is 1. The quantitative estimate of drug-likeness (QED) is 0.550. The standard InChI is InChI=1S/C8H15FO/c1-6(2)7-3-4-10-5-8(7)9/h6-8H,3-5H2,1-2H3/t7-,8-/m0/s1. The Morgan fingerprint density at radius 3 is 2.60 bits per heavy atom. The van der Waals surface area contributed by atoms with E-state index in [0.717, 1.165) is 13.0 Å². The van der Waals surface area contributed by atoms with Gasteiger partial charge < -0.3 is 4.74 Å². The fourth-order valence-electron chi connectivity index (χ4n) is 1.47. The fourth-order valence-corrected chi connectivity index (χ4v) is 1.47. The van der Waals surface area contributed by atoms with E-state index in [0.29, 0.717) is 12.5 Å². The Kier molecular flexibility index (Phi) is 2.66. The van der Waals surface area contributed by atoms with Crippen molar-refractivity contribution in [1.82, 2.24) is 0 Å². The molecule has 60 valence electrons. The summed E-state index contributed by atoms with van der Waals surface area (Å²) in [5, 5.41) is 0. The third-order valence-corrected chi connectivity index (χ3v) is 2.19. The molecule has 1 aliphatic heterocycles. The van der Waals surface area contributed by atoms with Crippen LogP contribution in [0.1, 0.15) is 20.3 Å². The Hall–Kier alpha value is -0.110. The number of alkyl halides is 1. The fraction of sp³-hybridized carbons (Fsp3) is 1.00. The molecular weight excluding hydrogens is 131 g/mol. The van der Waals surface area contributed by atoms with E-state index in [9.17, 15) is 4.39 Å². The van der Waals surface area contributed by atoms with Crippen LogP contribution >= 0.6 is 0 Å². The van der Waals surface area contributed by atoms with E-state index in [-0.39, 0.29) is 5.92 Å². The van der Waals surface area contributed by atoms with Crippen LogP contribution in [0.3, 0.4) is 0 Å². The first kappa shape index (κ1) is 7.99. The highest BCUT2D eigenvalue weighted by Gasteiger charge is 2.27. The predicted molar refractivity (Wildman–Crippen MR) is 38.7 cm³/mol. The number of halogens is 1. The van der Waals surface area contributed by atoms with Gasteiger partial charge in [-0.3, -0.25) is 0 Å². The van der Waals surface area contributed by atoms with E-state index in [1.807, 2.05) is 0 Å². The molecule has 0 bridgehead atoms. The van der Waals surface area contributed by atoms with Crippen molar-refractivity contribution in [2.24, 2.45) is 11.8 Å². The van der Waals surface area contributed by atoms with Crippen molar-refractivity contribution in [2.75, 3.05) is 13.2 Å². The van der Waals surface area contributed by atoms with E-state index < -0.39 is 6.17 Å². The van der Waals surface area contributed by atoms with Crippen LogP contribution in [0.25, 0.3) is 0 Å². The summed E-state index contributed by atoms with van der Waals surface area (Å²) in [7, 11) is 0. The van der Waals surface area contributed by atoms with Gasteiger partial charge in [-0.25, -0.2) is 4.39 Å². The highest BCUT2D eigenvalue weighted by molar-refractivity contribution is 4.75. The first-order chi connectivity index (χ1) is 4.72. The zero-order chi connectivity index (χ0) is 7.56. The van der Waals surface area contributed by atoms with E-state index in [1.54, 1.807) is 0 Å². The zero-order valence-corrected chi connectivity index (χ0v) is 6.64. The molecule has 0 aliphatic carbocycles. The van der Waals surface area contributed by atoms with Gasteiger partial charge in [0.2, 0.25) is 0 Å². The largest absolute Gasteiger partial charge is 0.378 e. The molecule has 0 amide bonds. The normalized spacial score (nSPS) is 34.8. The van der Waals surface area contributed by atoms with Crippen LogP contribution in [0.4, 0.5) is 4.39 Å². The molecule has 1 fully saturated rings. The molecule has 0 aromatic carbocycles. The number of hydrogen-bond donors (Lipinski definition) is 0. The number of rotatable bonds is 1. The van der Waals surface area contributed by atoms with E-state index in [2.05, 4.69) is 13.8 Å². The van der Waals surface area contributed by atoms with Crippen LogP contribution in [0.15, 0.2) is 0 Å². The van der Waals surface area contributed by atoms with Gasteiger partial charge in [0.1, 0.15) is 6.17 Å².